The van der Waals surface area contributed by atoms with Crippen LogP contribution in [0.15, 0.2) is 0 Å². The van der Waals surface area contributed by atoms with Crippen LogP contribution in [0.25, 0.3) is 0 Å². The third-order valence-corrected chi connectivity index (χ3v) is 3.77. The maximum Gasteiger partial charge on any atom is 0.407 e. The van der Waals surface area contributed by atoms with Gasteiger partial charge in [-0.15, -0.1) is 0 Å². The number of rotatable bonds is 6. The molecule has 2 N–H and O–H groups in total. The first-order valence-corrected chi connectivity index (χ1v) is 8.01. The molecule has 4 nitrogen and oxygen atoms in total. The fourth-order valence-electron chi connectivity index (χ4n) is 2.89. The number of hydrogen-bond donors (Lipinski definition) is 2. The molecule has 0 radical (unpaired) electrons. The van der Waals surface area contributed by atoms with E-state index in [9.17, 15) is 4.79 Å². The average Bonchev–Trinajstić information content (AvgIpc) is 2.35. The molecule has 1 saturated carbocycles. The Hall–Kier alpha value is -0.770. The smallest absolute Gasteiger partial charge is 0.407 e. The number of alkyl carbamates (subject to hydrolysis) is 1. The van der Waals surface area contributed by atoms with Crippen LogP contribution in [0.3, 0.4) is 0 Å². The minimum atomic E-state index is -0.462. The van der Waals surface area contributed by atoms with Gasteiger partial charge < -0.3 is 15.2 Å². The largest absolute Gasteiger partial charge is 0.444 e. The van der Waals surface area contributed by atoms with E-state index in [1.54, 1.807) is 0 Å². The number of carbonyl (C=O) groups is 1. The quantitative estimate of drug-likeness (QED) is 0.783. The lowest BCUT2D eigenvalue weighted by Crippen LogP contribution is -2.40. The van der Waals surface area contributed by atoms with Gasteiger partial charge in [-0.3, -0.25) is 0 Å². The second kappa shape index (κ2) is 8.50. The Kier molecular flexibility index (Phi) is 7.35. The minimum Gasteiger partial charge on any atom is -0.444 e. The lowest BCUT2D eigenvalue weighted by molar-refractivity contribution is 0.0489. The van der Waals surface area contributed by atoms with E-state index in [-0.39, 0.29) is 18.7 Å². The normalized spacial score (nSPS) is 18.6. The van der Waals surface area contributed by atoms with Gasteiger partial charge in [-0.2, -0.15) is 0 Å². The molecule has 4 heteroatoms. The zero-order chi connectivity index (χ0) is 15.0. The average molecular weight is 285 g/mol. The first-order chi connectivity index (χ1) is 9.40. The fraction of sp³-hybridized carbons (Fsp3) is 0.938. The van der Waals surface area contributed by atoms with Gasteiger partial charge in [0.15, 0.2) is 0 Å². The van der Waals surface area contributed by atoms with Gasteiger partial charge in [0.2, 0.25) is 0 Å². The fourth-order valence-corrected chi connectivity index (χ4v) is 2.89. The number of aliphatic hydroxyl groups excluding tert-OH is 1. The molecule has 0 saturated heterocycles. The molecule has 1 aliphatic rings. The summed E-state index contributed by atoms with van der Waals surface area (Å²) in [5.74, 6) is 0.711. The second-order valence-electron chi connectivity index (χ2n) is 6.95. The van der Waals surface area contributed by atoms with E-state index in [0.717, 1.165) is 19.3 Å². The molecular formula is C16H31NO3. The van der Waals surface area contributed by atoms with Crippen LogP contribution in [0.2, 0.25) is 0 Å². The summed E-state index contributed by atoms with van der Waals surface area (Å²) in [6.07, 6.45) is 8.73. The summed E-state index contributed by atoms with van der Waals surface area (Å²) in [4.78, 5) is 11.9. The van der Waals surface area contributed by atoms with Crippen molar-refractivity contribution in [2.24, 2.45) is 5.92 Å². The molecule has 0 bridgehead atoms. The lowest BCUT2D eigenvalue weighted by atomic mass is 9.84. The molecule has 0 unspecified atom stereocenters. The molecule has 1 amide bonds. The van der Waals surface area contributed by atoms with Crippen molar-refractivity contribution >= 4 is 6.09 Å². The van der Waals surface area contributed by atoms with Gasteiger partial charge >= 0.3 is 6.09 Å². The number of amides is 1. The Bertz CT molecular complexity index is 280. The molecule has 20 heavy (non-hydrogen) atoms. The van der Waals surface area contributed by atoms with Crippen molar-refractivity contribution in [3.05, 3.63) is 0 Å². The first-order valence-electron chi connectivity index (χ1n) is 8.01. The molecule has 0 heterocycles. The van der Waals surface area contributed by atoms with Gasteiger partial charge in [-0.1, -0.05) is 32.1 Å². The molecule has 0 aromatic rings. The second-order valence-corrected chi connectivity index (χ2v) is 6.95. The van der Waals surface area contributed by atoms with Crippen molar-refractivity contribution in [1.82, 2.24) is 5.32 Å². The van der Waals surface area contributed by atoms with Gasteiger partial charge in [0.05, 0.1) is 0 Å². The predicted molar refractivity (Wildman–Crippen MR) is 80.7 cm³/mol. The molecule has 1 rings (SSSR count). The molecule has 1 aliphatic carbocycles. The van der Waals surface area contributed by atoms with Gasteiger partial charge in [-0.05, 0) is 46.0 Å². The summed E-state index contributed by atoms with van der Waals surface area (Å²) in [5.41, 5.74) is -0.462. The summed E-state index contributed by atoms with van der Waals surface area (Å²) < 4.78 is 5.32. The summed E-state index contributed by atoms with van der Waals surface area (Å²) >= 11 is 0. The topological polar surface area (TPSA) is 58.6 Å². The molecule has 1 atom stereocenters. The van der Waals surface area contributed by atoms with Gasteiger partial charge in [0.1, 0.15) is 5.60 Å². The number of carbonyl (C=O) groups excluding carboxylic acids is 1. The van der Waals surface area contributed by atoms with Crippen LogP contribution in [-0.4, -0.2) is 29.4 Å². The van der Waals surface area contributed by atoms with E-state index in [1.807, 2.05) is 20.8 Å². The first kappa shape index (κ1) is 17.3. The Morgan fingerprint density at radius 2 is 1.95 bits per heavy atom. The Morgan fingerprint density at radius 3 is 2.50 bits per heavy atom. The van der Waals surface area contributed by atoms with E-state index < -0.39 is 5.60 Å². The Morgan fingerprint density at radius 1 is 1.30 bits per heavy atom. The van der Waals surface area contributed by atoms with Crippen molar-refractivity contribution in [3.8, 4) is 0 Å². The van der Waals surface area contributed by atoms with Gasteiger partial charge in [0, 0.05) is 12.6 Å². The van der Waals surface area contributed by atoms with Crippen molar-refractivity contribution in [2.45, 2.75) is 83.8 Å². The molecule has 0 aliphatic heterocycles. The SMILES string of the molecule is CC(C)(C)OC(=O)N[C@H](CCCO)CC1CCCCC1. The van der Waals surface area contributed by atoms with Crippen LogP contribution in [0.1, 0.15) is 72.1 Å². The standard InChI is InChI=1S/C16H31NO3/c1-16(2,3)20-15(19)17-14(10-7-11-18)12-13-8-5-4-6-9-13/h13-14,18H,4-12H2,1-3H3,(H,17,19)/t14-/m1/s1. The van der Waals surface area contributed by atoms with Crippen LogP contribution < -0.4 is 5.32 Å². The monoisotopic (exact) mass is 285 g/mol. The Labute approximate surface area is 123 Å². The van der Waals surface area contributed by atoms with Gasteiger partial charge in [0.25, 0.3) is 0 Å². The molecule has 0 spiro atoms. The molecular weight excluding hydrogens is 254 g/mol. The third kappa shape index (κ3) is 7.73. The van der Waals surface area contributed by atoms with Crippen molar-refractivity contribution < 1.29 is 14.6 Å². The van der Waals surface area contributed by atoms with Crippen molar-refractivity contribution in [1.29, 1.82) is 0 Å². The highest BCUT2D eigenvalue weighted by molar-refractivity contribution is 5.68. The maximum absolute atomic E-state index is 11.9. The highest BCUT2D eigenvalue weighted by Gasteiger charge is 2.23. The maximum atomic E-state index is 11.9. The molecule has 1 fully saturated rings. The van der Waals surface area contributed by atoms with E-state index in [4.69, 9.17) is 9.84 Å². The summed E-state index contributed by atoms with van der Waals surface area (Å²) in [5, 5.41) is 12.0. The minimum absolute atomic E-state index is 0.125. The predicted octanol–water partition coefficient (Wildman–Crippen LogP) is 3.62. The van der Waals surface area contributed by atoms with Crippen molar-refractivity contribution in [3.63, 3.8) is 0 Å². The zero-order valence-electron chi connectivity index (χ0n) is 13.3. The number of hydrogen-bond acceptors (Lipinski definition) is 3. The van der Waals surface area contributed by atoms with E-state index in [0.29, 0.717) is 5.92 Å². The number of aliphatic hydroxyl groups is 1. The Balaban J connectivity index is 2.43. The van der Waals surface area contributed by atoms with E-state index >= 15 is 0 Å². The number of nitrogens with one attached hydrogen (secondary N) is 1. The van der Waals surface area contributed by atoms with Crippen LogP contribution in [0, 0.1) is 5.92 Å². The highest BCUT2D eigenvalue weighted by Crippen LogP contribution is 2.28. The van der Waals surface area contributed by atoms with Crippen molar-refractivity contribution in [2.75, 3.05) is 6.61 Å². The van der Waals surface area contributed by atoms with Crippen LogP contribution in [0.4, 0.5) is 4.79 Å². The van der Waals surface area contributed by atoms with E-state index in [2.05, 4.69) is 5.32 Å². The summed E-state index contributed by atoms with van der Waals surface area (Å²) in [7, 11) is 0. The van der Waals surface area contributed by atoms with Crippen LogP contribution >= 0.6 is 0 Å². The van der Waals surface area contributed by atoms with E-state index in [1.165, 1.54) is 32.1 Å². The molecule has 0 aromatic heterocycles. The zero-order valence-corrected chi connectivity index (χ0v) is 13.3. The number of ether oxygens (including phenoxy) is 1. The molecule has 0 aromatic carbocycles. The lowest BCUT2D eigenvalue weighted by Gasteiger charge is -2.28. The molecule has 118 valence electrons. The summed E-state index contributed by atoms with van der Waals surface area (Å²) in [6, 6.07) is 0.125. The summed E-state index contributed by atoms with van der Waals surface area (Å²) in [6.45, 7) is 5.79. The van der Waals surface area contributed by atoms with Crippen LogP contribution in [0.5, 0.6) is 0 Å². The third-order valence-electron chi connectivity index (χ3n) is 3.77. The highest BCUT2D eigenvalue weighted by atomic mass is 16.6. The van der Waals surface area contributed by atoms with Gasteiger partial charge in [-0.25, -0.2) is 4.79 Å². The van der Waals surface area contributed by atoms with Crippen LogP contribution in [-0.2, 0) is 4.74 Å².